The van der Waals surface area contributed by atoms with Gasteiger partial charge in [-0.1, -0.05) is 19.0 Å². The van der Waals surface area contributed by atoms with E-state index in [0.29, 0.717) is 39.5 Å². The van der Waals surface area contributed by atoms with Gasteiger partial charge in [0.15, 0.2) is 0 Å². The van der Waals surface area contributed by atoms with Gasteiger partial charge in [-0.25, -0.2) is 4.98 Å². The second-order valence-electron chi connectivity index (χ2n) is 7.94. The molecule has 3 aromatic heterocycles. The van der Waals surface area contributed by atoms with Gasteiger partial charge in [-0.15, -0.1) is 0 Å². The molecule has 0 radical (unpaired) electrons. The first kappa shape index (κ1) is 18.5. The Balaban J connectivity index is 1.62. The number of carbonyl (C=O) groups is 1. The molecule has 1 aliphatic carbocycles. The van der Waals surface area contributed by atoms with Gasteiger partial charge in [0.05, 0.1) is 29.4 Å². The van der Waals surface area contributed by atoms with Gasteiger partial charge in [-0.05, 0) is 49.1 Å². The molecular formula is C23H22N4O3. The predicted octanol–water partition coefficient (Wildman–Crippen LogP) is 5.03. The normalized spacial score (nSPS) is 13.9. The summed E-state index contributed by atoms with van der Waals surface area (Å²) in [5.41, 5.74) is 3.97. The molecule has 1 saturated carbocycles. The summed E-state index contributed by atoms with van der Waals surface area (Å²) in [5, 5.41) is 8.75. The van der Waals surface area contributed by atoms with Crippen molar-refractivity contribution in [2.75, 3.05) is 12.4 Å². The van der Waals surface area contributed by atoms with Crippen LogP contribution in [-0.2, 0) is 0 Å². The molecule has 1 aromatic carbocycles. The molecule has 0 bridgehead atoms. The molecule has 1 amide bonds. The number of benzene rings is 1. The van der Waals surface area contributed by atoms with Crippen LogP contribution in [0.25, 0.3) is 22.0 Å². The maximum atomic E-state index is 13.4. The van der Waals surface area contributed by atoms with E-state index >= 15 is 0 Å². The molecule has 0 atom stereocenters. The number of anilines is 1. The highest BCUT2D eigenvalue weighted by Crippen LogP contribution is 2.41. The van der Waals surface area contributed by atoms with E-state index in [-0.39, 0.29) is 11.8 Å². The summed E-state index contributed by atoms with van der Waals surface area (Å²) in [6.45, 7) is 4.05. The van der Waals surface area contributed by atoms with Crippen LogP contribution in [0.1, 0.15) is 60.3 Å². The zero-order valence-electron chi connectivity index (χ0n) is 17.1. The molecule has 7 nitrogen and oxygen atoms in total. The van der Waals surface area contributed by atoms with Crippen molar-refractivity contribution >= 4 is 33.6 Å². The third kappa shape index (κ3) is 3.07. The van der Waals surface area contributed by atoms with E-state index in [2.05, 4.69) is 20.4 Å². The number of nitrogens with zero attached hydrogens (tertiary/aromatic N) is 3. The third-order valence-corrected chi connectivity index (χ3v) is 5.48. The van der Waals surface area contributed by atoms with Crippen molar-refractivity contribution in [1.82, 2.24) is 15.1 Å². The van der Waals surface area contributed by atoms with Crippen LogP contribution in [0.4, 0.5) is 5.69 Å². The minimum absolute atomic E-state index is 0.109. The van der Waals surface area contributed by atoms with Crippen LogP contribution in [0.5, 0.6) is 5.75 Å². The topological polar surface area (TPSA) is 90.1 Å². The highest BCUT2D eigenvalue weighted by molar-refractivity contribution is 6.15. The first-order valence-corrected chi connectivity index (χ1v) is 10.1. The van der Waals surface area contributed by atoms with Gasteiger partial charge in [0, 0.05) is 23.2 Å². The lowest BCUT2D eigenvalue weighted by Gasteiger charge is -2.12. The van der Waals surface area contributed by atoms with Gasteiger partial charge in [-0.2, -0.15) is 0 Å². The SMILES string of the molecule is COc1ccc(NC(=O)c2cc(C3CC3)nc3onc(C(C)C)c23)c2cccnc12. The number of fused-ring (bicyclic) bond motifs is 2. The van der Waals surface area contributed by atoms with Crippen LogP contribution < -0.4 is 10.1 Å². The first-order chi connectivity index (χ1) is 14.6. The van der Waals surface area contributed by atoms with Crippen LogP contribution in [0.3, 0.4) is 0 Å². The Morgan fingerprint density at radius 2 is 2.10 bits per heavy atom. The molecule has 0 aliphatic heterocycles. The van der Waals surface area contributed by atoms with Crippen molar-refractivity contribution in [3.63, 3.8) is 0 Å². The Morgan fingerprint density at radius 1 is 1.27 bits per heavy atom. The van der Waals surface area contributed by atoms with Crippen LogP contribution in [0.2, 0.25) is 0 Å². The maximum absolute atomic E-state index is 13.4. The smallest absolute Gasteiger partial charge is 0.259 e. The van der Waals surface area contributed by atoms with Gasteiger partial charge in [-0.3, -0.25) is 9.78 Å². The van der Waals surface area contributed by atoms with Gasteiger partial charge in [0.1, 0.15) is 11.3 Å². The monoisotopic (exact) mass is 402 g/mol. The fourth-order valence-electron chi connectivity index (χ4n) is 3.76. The summed E-state index contributed by atoms with van der Waals surface area (Å²) in [5.74, 6) is 0.939. The zero-order chi connectivity index (χ0) is 20.8. The quantitative estimate of drug-likeness (QED) is 0.503. The molecule has 5 rings (SSSR count). The summed E-state index contributed by atoms with van der Waals surface area (Å²) < 4.78 is 10.9. The average molecular weight is 402 g/mol. The van der Waals surface area contributed by atoms with Crippen molar-refractivity contribution < 1.29 is 14.1 Å². The highest BCUT2D eigenvalue weighted by atomic mass is 16.5. The van der Waals surface area contributed by atoms with Gasteiger partial charge < -0.3 is 14.6 Å². The van der Waals surface area contributed by atoms with E-state index in [0.717, 1.165) is 29.6 Å². The fourth-order valence-corrected chi connectivity index (χ4v) is 3.76. The Labute approximate surface area is 173 Å². The number of hydrogen-bond acceptors (Lipinski definition) is 6. The van der Waals surface area contributed by atoms with Gasteiger partial charge in [0.25, 0.3) is 11.6 Å². The first-order valence-electron chi connectivity index (χ1n) is 10.1. The van der Waals surface area contributed by atoms with E-state index in [9.17, 15) is 4.79 Å². The number of aromatic nitrogens is 3. The Hall–Kier alpha value is -3.48. The molecule has 7 heteroatoms. The number of hydrogen-bond donors (Lipinski definition) is 1. The largest absolute Gasteiger partial charge is 0.494 e. The second-order valence-corrected chi connectivity index (χ2v) is 7.94. The molecule has 3 heterocycles. The van der Waals surface area contributed by atoms with E-state index < -0.39 is 0 Å². The van der Waals surface area contributed by atoms with Gasteiger partial charge >= 0.3 is 0 Å². The molecule has 4 aromatic rings. The molecule has 0 spiro atoms. The molecule has 0 unspecified atom stereocenters. The molecule has 0 saturated heterocycles. The van der Waals surface area contributed by atoms with Crippen LogP contribution in [0.15, 0.2) is 41.1 Å². The average Bonchev–Trinajstić information content (AvgIpc) is 3.52. The standard InChI is InChI=1S/C23H22N4O3/c1-12(2)20-19-15(11-17(13-6-7-13)26-23(19)30-27-20)22(28)25-16-8-9-18(29-3)21-14(16)5-4-10-24-21/h4-5,8-13H,6-7H2,1-3H3,(H,25,28). The number of nitrogens with one attached hydrogen (secondary N) is 1. The Kier molecular flexibility index (Phi) is 4.38. The lowest BCUT2D eigenvalue weighted by atomic mass is 10.0. The maximum Gasteiger partial charge on any atom is 0.259 e. The predicted molar refractivity (Wildman–Crippen MR) is 114 cm³/mol. The minimum atomic E-state index is -0.218. The molecule has 30 heavy (non-hydrogen) atoms. The summed E-state index contributed by atoms with van der Waals surface area (Å²) in [7, 11) is 1.61. The summed E-state index contributed by atoms with van der Waals surface area (Å²) >= 11 is 0. The summed E-state index contributed by atoms with van der Waals surface area (Å²) in [4.78, 5) is 22.5. The number of pyridine rings is 2. The zero-order valence-corrected chi connectivity index (χ0v) is 17.1. The third-order valence-electron chi connectivity index (χ3n) is 5.48. The molecule has 1 N–H and O–H groups in total. The Morgan fingerprint density at radius 3 is 2.83 bits per heavy atom. The van der Waals surface area contributed by atoms with Crippen molar-refractivity contribution in [3.05, 3.63) is 53.5 Å². The van der Waals surface area contributed by atoms with Crippen LogP contribution in [0, 0.1) is 0 Å². The number of rotatable bonds is 5. The summed E-state index contributed by atoms with van der Waals surface area (Å²) in [6, 6.07) is 9.28. The second kappa shape index (κ2) is 7.09. The lowest BCUT2D eigenvalue weighted by Crippen LogP contribution is -2.14. The highest BCUT2D eigenvalue weighted by Gasteiger charge is 2.29. The number of ether oxygens (including phenoxy) is 1. The fraction of sp³-hybridized carbons (Fsp3) is 0.304. The van der Waals surface area contributed by atoms with E-state index in [1.807, 2.05) is 44.2 Å². The minimum Gasteiger partial charge on any atom is -0.494 e. The van der Waals surface area contributed by atoms with Crippen LogP contribution >= 0.6 is 0 Å². The number of amides is 1. The lowest BCUT2D eigenvalue weighted by molar-refractivity contribution is 0.102. The van der Waals surface area contributed by atoms with E-state index in [1.165, 1.54) is 0 Å². The van der Waals surface area contributed by atoms with E-state index in [4.69, 9.17) is 9.26 Å². The van der Waals surface area contributed by atoms with Crippen molar-refractivity contribution in [2.24, 2.45) is 0 Å². The van der Waals surface area contributed by atoms with Crippen molar-refractivity contribution in [1.29, 1.82) is 0 Å². The van der Waals surface area contributed by atoms with Crippen LogP contribution in [-0.4, -0.2) is 28.1 Å². The van der Waals surface area contributed by atoms with E-state index in [1.54, 1.807) is 13.3 Å². The molecular weight excluding hydrogens is 380 g/mol. The molecule has 1 fully saturated rings. The summed E-state index contributed by atoms with van der Waals surface area (Å²) in [6.07, 6.45) is 3.87. The molecule has 152 valence electrons. The van der Waals surface area contributed by atoms with Gasteiger partial charge in [0.2, 0.25) is 0 Å². The van der Waals surface area contributed by atoms with Crippen molar-refractivity contribution in [2.45, 2.75) is 38.5 Å². The van der Waals surface area contributed by atoms with Crippen molar-refractivity contribution in [3.8, 4) is 5.75 Å². The number of carbonyl (C=O) groups excluding carboxylic acids is 1. The Bertz CT molecular complexity index is 1270. The molecule has 1 aliphatic rings. The number of methoxy groups -OCH3 is 1.